The second-order valence-corrected chi connectivity index (χ2v) is 7.31. The number of rotatable bonds is 8. The molecule has 164 valence electrons. The second-order valence-electron chi connectivity index (χ2n) is 7.31. The quantitative estimate of drug-likeness (QED) is 0.458. The van der Waals surface area contributed by atoms with Crippen molar-refractivity contribution in [3.8, 4) is 17.2 Å². The molecule has 0 saturated heterocycles. The minimum absolute atomic E-state index is 0.129. The van der Waals surface area contributed by atoms with Gasteiger partial charge in [0, 0.05) is 30.9 Å². The highest BCUT2D eigenvalue weighted by Crippen LogP contribution is 2.30. The average Bonchev–Trinajstić information content (AvgIpc) is 3.26. The highest BCUT2D eigenvalue weighted by Gasteiger charge is 2.22. The van der Waals surface area contributed by atoms with Gasteiger partial charge in [0.05, 0.1) is 14.2 Å². The first-order valence-corrected chi connectivity index (χ1v) is 10.2. The molecule has 0 fully saturated rings. The Bertz CT molecular complexity index is 1210. The van der Waals surface area contributed by atoms with Gasteiger partial charge in [0.1, 0.15) is 29.1 Å². The van der Waals surface area contributed by atoms with Crippen LogP contribution >= 0.6 is 0 Å². The van der Waals surface area contributed by atoms with Crippen LogP contribution in [0.4, 0.5) is 0 Å². The van der Waals surface area contributed by atoms with E-state index in [1.807, 2.05) is 72.4 Å². The lowest BCUT2D eigenvalue weighted by Gasteiger charge is -2.21. The van der Waals surface area contributed by atoms with Crippen LogP contribution in [0.2, 0.25) is 0 Å². The molecule has 1 N–H and O–H groups in total. The monoisotopic (exact) mass is 431 g/mol. The molecule has 4 aromatic rings. The van der Waals surface area contributed by atoms with Crippen molar-refractivity contribution >= 4 is 16.7 Å². The van der Waals surface area contributed by atoms with E-state index in [0.29, 0.717) is 23.1 Å². The number of hydrogen-bond acceptors (Lipinski definition) is 5. The number of aryl methyl sites for hydroxylation is 1. The largest absolute Gasteiger partial charge is 0.497 e. The molecule has 0 radical (unpaired) electrons. The fourth-order valence-corrected chi connectivity index (χ4v) is 3.62. The Balaban J connectivity index is 1.58. The number of nitrogens with one attached hydrogen (secondary N) is 1. The van der Waals surface area contributed by atoms with E-state index in [2.05, 4.69) is 10.3 Å². The normalized spacial score (nSPS) is 11.7. The van der Waals surface area contributed by atoms with Crippen molar-refractivity contribution in [2.24, 2.45) is 7.05 Å². The maximum absolute atomic E-state index is 12.9. The zero-order valence-electron chi connectivity index (χ0n) is 18.2. The summed E-state index contributed by atoms with van der Waals surface area (Å²) in [5.74, 6) is 2.32. The van der Waals surface area contributed by atoms with Crippen LogP contribution in [-0.4, -0.2) is 36.3 Å². The van der Waals surface area contributed by atoms with Gasteiger partial charge in [0.2, 0.25) is 0 Å². The first-order chi connectivity index (χ1) is 15.6. The molecular weight excluding hydrogens is 406 g/mol. The molecule has 0 aliphatic rings. The molecule has 7 heteroatoms. The van der Waals surface area contributed by atoms with Gasteiger partial charge in [-0.05, 0) is 29.1 Å². The van der Waals surface area contributed by atoms with Gasteiger partial charge in [-0.15, -0.1) is 0 Å². The van der Waals surface area contributed by atoms with Crippen molar-refractivity contribution in [2.45, 2.75) is 6.04 Å². The van der Waals surface area contributed by atoms with E-state index in [0.717, 1.165) is 16.3 Å². The number of carbonyl (C=O) groups is 1. The summed E-state index contributed by atoms with van der Waals surface area (Å²) in [5.41, 5.74) is 0.786. The van der Waals surface area contributed by atoms with Gasteiger partial charge < -0.3 is 24.1 Å². The van der Waals surface area contributed by atoms with Crippen LogP contribution in [0, 0.1) is 0 Å². The van der Waals surface area contributed by atoms with Crippen LogP contribution < -0.4 is 19.5 Å². The van der Waals surface area contributed by atoms with Crippen LogP contribution in [0.1, 0.15) is 17.4 Å². The fraction of sp³-hybridized carbons (Fsp3) is 0.200. The maximum atomic E-state index is 12.9. The predicted octanol–water partition coefficient (Wildman–Crippen LogP) is 3.88. The van der Waals surface area contributed by atoms with Crippen molar-refractivity contribution < 1.29 is 19.0 Å². The van der Waals surface area contributed by atoms with E-state index < -0.39 is 6.04 Å². The SMILES string of the molecule is COc1cc(OC)cc([C@@H](NC(=O)COc2cccc3ccccc23)c2nccn2C)c1. The Kier molecular flexibility index (Phi) is 6.26. The highest BCUT2D eigenvalue weighted by molar-refractivity contribution is 5.88. The van der Waals surface area contributed by atoms with Gasteiger partial charge in [0.25, 0.3) is 5.91 Å². The van der Waals surface area contributed by atoms with Crippen LogP contribution in [0.25, 0.3) is 10.8 Å². The van der Waals surface area contributed by atoms with Crippen LogP contribution in [0.5, 0.6) is 17.2 Å². The van der Waals surface area contributed by atoms with Gasteiger partial charge in [-0.25, -0.2) is 4.98 Å². The van der Waals surface area contributed by atoms with E-state index in [4.69, 9.17) is 14.2 Å². The molecule has 32 heavy (non-hydrogen) atoms. The third-order valence-corrected chi connectivity index (χ3v) is 5.24. The zero-order valence-corrected chi connectivity index (χ0v) is 18.2. The molecule has 1 amide bonds. The molecule has 0 bridgehead atoms. The summed E-state index contributed by atoms with van der Waals surface area (Å²) in [7, 11) is 5.06. The molecule has 1 atom stereocenters. The number of ether oxygens (including phenoxy) is 3. The molecule has 0 aliphatic carbocycles. The third-order valence-electron chi connectivity index (χ3n) is 5.24. The van der Waals surface area contributed by atoms with Crippen molar-refractivity contribution in [3.63, 3.8) is 0 Å². The summed E-state index contributed by atoms with van der Waals surface area (Å²) in [5, 5.41) is 5.05. The molecule has 3 aromatic carbocycles. The number of fused-ring (bicyclic) bond motifs is 1. The molecule has 1 heterocycles. The minimum atomic E-state index is -0.511. The Morgan fingerprint density at radius 1 is 1.03 bits per heavy atom. The molecular formula is C25H25N3O4. The Labute approximate surface area is 186 Å². The topological polar surface area (TPSA) is 74.6 Å². The van der Waals surface area contributed by atoms with E-state index in [1.165, 1.54) is 0 Å². The number of imidazole rings is 1. The lowest BCUT2D eigenvalue weighted by molar-refractivity contribution is -0.123. The number of nitrogens with zero attached hydrogens (tertiary/aromatic N) is 2. The molecule has 1 aromatic heterocycles. The molecule has 0 aliphatic heterocycles. The first kappa shape index (κ1) is 21.2. The summed E-state index contributed by atoms with van der Waals surface area (Å²) in [6.45, 7) is -0.129. The summed E-state index contributed by atoms with van der Waals surface area (Å²) < 4.78 is 18.5. The van der Waals surface area contributed by atoms with Crippen LogP contribution in [0.15, 0.2) is 73.1 Å². The summed E-state index contributed by atoms with van der Waals surface area (Å²) >= 11 is 0. The van der Waals surface area contributed by atoms with E-state index in [-0.39, 0.29) is 12.5 Å². The first-order valence-electron chi connectivity index (χ1n) is 10.2. The Morgan fingerprint density at radius 2 is 1.75 bits per heavy atom. The van der Waals surface area contributed by atoms with Gasteiger partial charge in [-0.1, -0.05) is 36.4 Å². The molecule has 0 spiro atoms. The van der Waals surface area contributed by atoms with Crippen molar-refractivity contribution in [3.05, 3.63) is 84.4 Å². The highest BCUT2D eigenvalue weighted by atomic mass is 16.5. The van der Waals surface area contributed by atoms with Gasteiger partial charge in [-0.2, -0.15) is 0 Å². The lowest BCUT2D eigenvalue weighted by Crippen LogP contribution is -2.34. The van der Waals surface area contributed by atoms with Gasteiger partial charge >= 0.3 is 0 Å². The summed E-state index contributed by atoms with van der Waals surface area (Å²) in [6.07, 6.45) is 3.52. The minimum Gasteiger partial charge on any atom is -0.497 e. The zero-order chi connectivity index (χ0) is 22.5. The standard InChI is InChI=1S/C25H25N3O4/c1-28-12-11-26-25(28)24(18-13-19(30-2)15-20(14-18)31-3)27-23(29)16-32-22-10-6-8-17-7-4-5-9-21(17)22/h4-15,24H,16H2,1-3H3,(H,27,29)/t24-/m1/s1. The van der Waals surface area contributed by atoms with Crippen molar-refractivity contribution in [1.82, 2.24) is 14.9 Å². The van der Waals surface area contributed by atoms with Crippen LogP contribution in [0.3, 0.4) is 0 Å². The number of hydrogen-bond donors (Lipinski definition) is 1. The maximum Gasteiger partial charge on any atom is 0.258 e. The average molecular weight is 431 g/mol. The number of aromatic nitrogens is 2. The number of carbonyl (C=O) groups excluding carboxylic acids is 1. The predicted molar refractivity (Wildman–Crippen MR) is 122 cm³/mol. The van der Waals surface area contributed by atoms with E-state index >= 15 is 0 Å². The van der Waals surface area contributed by atoms with Gasteiger partial charge in [-0.3, -0.25) is 4.79 Å². The number of amides is 1. The third kappa shape index (κ3) is 4.51. The summed E-state index contributed by atoms with van der Waals surface area (Å²) in [6, 6.07) is 18.7. The Hall–Kier alpha value is -4.00. The molecule has 0 saturated carbocycles. The van der Waals surface area contributed by atoms with Crippen molar-refractivity contribution in [1.29, 1.82) is 0 Å². The summed E-state index contributed by atoms with van der Waals surface area (Å²) in [4.78, 5) is 17.4. The second kappa shape index (κ2) is 9.43. The van der Waals surface area contributed by atoms with E-state index in [9.17, 15) is 4.79 Å². The fourth-order valence-electron chi connectivity index (χ4n) is 3.62. The lowest BCUT2D eigenvalue weighted by atomic mass is 10.0. The molecule has 7 nitrogen and oxygen atoms in total. The number of benzene rings is 3. The van der Waals surface area contributed by atoms with Gasteiger partial charge in [0.15, 0.2) is 6.61 Å². The van der Waals surface area contributed by atoms with Crippen molar-refractivity contribution in [2.75, 3.05) is 20.8 Å². The molecule has 0 unspecified atom stereocenters. The Morgan fingerprint density at radius 3 is 2.44 bits per heavy atom. The smallest absolute Gasteiger partial charge is 0.258 e. The molecule has 4 rings (SSSR count). The van der Waals surface area contributed by atoms with E-state index in [1.54, 1.807) is 26.5 Å². The van der Waals surface area contributed by atoms with Crippen LogP contribution in [-0.2, 0) is 11.8 Å². The number of methoxy groups -OCH3 is 2.